The third kappa shape index (κ3) is 4.31. The quantitative estimate of drug-likeness (QED) is 0.879. The second kappa shape index (κ2) is 7.84. The van der Waals surface area contributed by atoms with E-state index in [1.165, 1.54) is 5.56 Å². The number of pyridine rings is 1. The van der Waals surface area contributed by atoms with E-state index in [4.69, 9.17) is 9.47 Å². The SMILES string of the molecule is CN(Cc1cccnc1)CC1CCN(C(=O)Nc2ccc3c(c2)OCO3)C1. The summed E-state index contributed by atoms with van der Waals surface area (Å²) in [6, 6.07) is 9.43. The van der Waals surface area contributed by atoms with Crippen LogP contribution in [0.25, 0.3) is 0 Å². The van der Waals surface area contributed by atoms with E-state index in [1.54, 1.807) is 12.3 Å². The number of amides is 2. The first kappa shape index (κ1) is 17.6. The van der Waals surface area contributed by atoms with Gasteiger partial charge in [0.25, 0.3) is 0 Å². The van der Waals surface area contributed by atoms with Gasteiger partial charge in [-0.3, -0.25) is 4.98 Å². The molecule has 0 saturated carbocycles. The number of carbonyl (C=O) groups excluding carboxylic acids is 1. The zero-order chi connectivity index (χ0) is 18.6. The number of nitrogens with one attached hydrogen (secondary N) is 1. The van der Waals surface area contributed by atoms with E-state index in [0.717, 1.165) is 38.3 Å². The number of anilines is 1. The van der Waals surface area contributed by atoms with Gasteiger partial charge in [0.15, 0.2) is 11.5 Å². The highest BCUT2D eigenvalue weighted by Gasteiger charge is 2.27. The highest BCUT2D eigenvalue weighted by Crippen LogP contribution is 2.34. The van der Waals surface area contributed by atoms with Crippen molar-refractivity contribution < 1.29 is 14.3 Å². The van der Waals surface area contributed by atoms with Crippen LogP contribution < -0.4 is 14.8 Å². The summed E-state index contributed by atoms with van der Waals surface area (Å²) in [6.07, 6.45) is 4.71. The molecule has 2 aliphatic rings. The molecule has 7 nitrogen and oxygen atoms in total. The number of hydrogen-bond donors (Lipinski definition) is 1. The zero-order valence-electron chi connectivity index (χ0n) is 15.4. The Morgan fingerprint density at radius 2 is 2.22 bits per heavy atom. The van der Waals surface area contributed by atoms with Crippen LogP contribution in [0.3, 0.4) is 0 Å². The van der Waals surface area contributed by atoms with Crippen LogP contribution in [0, 0.1) is 5.92 Å². The Morgan fingerprint density at radius 3 is 3.07 bits per heavy atom. The fourth-order valence-electron chi connectivity index (χ4n) is 3.65. The van der Waals surface area contributed by atoms with E-state index in [0.29, 0.717) is 17.4 Å². The lowest BCUT2D eigenvalue weighted by molar-refractivity contribution is 0.174. The molecule has 1 saturated heterocycles. The van der Waals surface area contributed by atoms with Gasteiger partial charge in [-0.05, 0) is 43.1 Å². The van der Waals surface area contributed by atoms with Gasteiger partial charge in [0.05, 0.1) is 0 Å². The van der Waals surface area contributed by atoms with Crippen molar-refractivity contribution in [3.05, 3.63) is 48.3 Å². The van der Waals surface area contributed by atoms with Crippen LogP contribution in [0.5, 0.6) is 11.5 Å². The molecule has 1 atom stereocenters. The van der Waals surface area contributed by atoms with Crippen LogP contribution in [0.15, 0.2) is 42.7 Å². The molecule has 2 amide bonds. The standard InChI is InChI=1S/C20H24N4O3/c1-23(11-15-3-2-7-21-10-15)12-16-6-8-24(13-16)20(25)22-17-4-5-18-19(9-17)27-14-26-18/h2-5,7,9-10,16H,6,8,11-14H2,1H3,(H,22,25). The molecular formula is C20H24N4O3. The predicted octanol–water partition coefficient (Wildman–Crippen LogP) is 2.80. The molecule has 2 aromatic rings. The van der Waals surface area contributed by atoms with E-state index in [2.05, 4.69) is 28.3 Å². The maximum absolute atomic E-state index is 12.6. The molecule has 0 bridgehead atoms. The van der Waals surface area contributed by atoms with Crippen LogP contribution in [0.4, 0.5) is 10.5 Å². The fraction of sp³-hybridized carbons (Fsp3) is 0.400. The number of rotatable bonds is 5. The predicted molar refractivity (Wildman–Crippen MR) is 102 cm³/mol. The average molecular weight is 368 g/mol. The van der Waals surface area contributed by atoms with Gasteiger partial charge in [0.2, 0.25) is 6.79 Å². The van der Waals surface area contributed by atoms with Crippen molar-refractivity contribution in [3.63, 3.8) is 0 Å². The molecule has 1 aromatic carbocycles. The molecule has 1 N–H and O–H groups in total. The molecule has 0 radical (unpaired) electrons. The van der Waals surface area contributed by atoms with Crippen molar-refractivity contribution in [3.8, 4) is 11.5 Å². The minimum atomic E-state index is -0.0636. The number of hydrogen-bond acceptors (Lipinski definition) is 5. The van der Waals surface area contributed by atoms with E-state index >= 15 is 0 Å². The van der Waals surface area contributed by atoms with Gasteiger partial charge < -0.3 is 24.6 Å². The minimum Gasteiger partial charge on any atom is -0.454 e. The molecule has 0 aliphatic carbocycles. The summed E-state index contributed by atoms with van der Waals surface area (Å²) in [5.74, 6) is 1.86. The Labute approximate surface area is 158 Å². The maximum Gasteiger partial charge on any atom is 0.321 e. The van der Waals surface area contributed by atoms with E-state index in [1.807, 2.05) is 29.3 Å². The zero-order valence-corrected chi connectivity index (χ0v) is 15.4. The molecule has 4 rings (SSSR count). The van der Waals surface area contributed by atoms with Gasteiger partial charge in [-0.1, -0.05) is 6.07 Å². The summed E-state index contributed by atoms with van der Waals surface area (Å²) in [4.78, 5) is 20.9. The lowest BCUT2D eigenvalue weighted by Gasteiger charge is -2.22. The van der Waals surface area contributed by atoms with Crippen molar-refractivity contribution in [2.75, 3.05) is 38.8 Å². The number of urea groups is 1. The number of aromatic nitrogens is 1. The fourth-order valence-corrected chi connectivity index (χ4v) is 3.65. The molecule has 142 valence electrons. The van der Waals surface area contributed by atoms with E-state index in [-0.39, 0.29) is 12.8 Å². The summed E-state index contributed by atoms with van der Waals surface area (Å²) < 4.78 is 10.7. The van der Waals surface area contributed by atoms with Gasteiger partial charge in [-0.25, -0.2) is 4.79 Å². The third-order valence-electron chi connectivity index (χ3n) is 4.94. The summed E-state index contributed by atoms with van der Waals surface area (Å²) in [5.41, 5.74) is 1.93. The van der Waals surface area contributed by atoms with Gasteiger partial charge in [0.1, 0.15) is 0 Å². The molecule has 1 fully saturated rings. The number of carbonyl (C=O) groups is 1. The Morgan fingerprint density at radius 1 is 1.33 bits per heavy atom. The lowest BCUT2D eigenvalue weighted by atomic mass is 10.1. The molecule has 7 heteroatoms. The summed E-state index contributed by atoms with van der Waals surface area (Å²) in [6.45, 7) is 3.61. The highest BCUT2D eigenvalue weighted by atomic mass is 16.7. The van der Waals surface area contributed by atoms with Crippen LogP contribution in [-0.2, 0) is 6.54 Å². The number of benzene rings is 1. The van der Waals surface area contributed by atoms with Crippen molar-refractivity contribution in [1.82, 2.24) is 14.8 Å². The number of ether oxygens (including phenoxy) is 2. The van der Waals surface area contributed by atoms with Gasteiger partial charge >= 0.3 is 6.03 Å². The highest BCUT2D eigenvalue weighted by molar-refractivity contribution is 5.90. The molecule has 1 aromatic heterocycles. The minimum absolute atomic E-state index is 0.0636. The molecule has 3 heterocycles. The van der Waals surface area contributed by atoms with Crippen molar-refractivity contribution in [2.24, 2.45) is 5.92 Å². The van der Waals surface area contributed by atoms with Gasteiger partial charge in [-0.15, -0.1) is 0 Å². The first-order chi connectivity index (χ1) is 13.2. The molecule has 1 unspecified atom stereocenters. The summed E-state index contributed by atoms with van der Waals surface area (Å²) in [5, 5.41) is 2.96. The normalized spacial score (nSPS) is 18.1. The van der Waals surface area contributed by atoms with Crippen molar-refractivity contribution in [1.29, 1.82) is 0 Å². The Bertz CT molecular complexity index is 799. The largest absolute Gasteiger partial charge is 0.454 e. The summed E-state index contributed by atoms with van der Waals surface area (Å²) in [7, 11) is 2.11. The first-order valence-electron chi connectivity index (χ1n) is 9.20. The second-order valence-electron chi connectivity index (χ2n) is 7.16. The van der Waals surface area contributed by atoms with Crippen LogP contribution in [0.2, 0.25) is 0 Å². The van der Waals surface area contributed by atoms with Crippen molar-refractivity contribution in [2.45, 2.75) is 13.0 Å². The number of nitrogens with zero attached hydrogens (tertiary/aromatic N) is 3. The molecular weight excluding hydrogens is 344 g/mol. The lowest BCUT2D eigenvalue weighted by Crippen LogP contribution is -2.34. The van der Waals surface area contributed by atoms with Gasteiger partial charge in [-0.2, -0.15) is 0 Å². The Hall–Kier alpha value is -2.80. The molecule has 0 spiro atoms. The smallest absolute Gasteiger partial charge is 0.321 e. The van der Waals surface area contributed by atoms with E-state index < -0.39 is 0 Å². The average Bonchev–Trinajstić information content (AvgIpc) is 3.31. The Kier molecular flexibility index (Phi) is 5.11. The van der Waals surface area contributed by atoms with E-state index in [9.17, 15) is 4.79 Å². The molecule has 2 aliphatic heterocycles. The van der Waals surface area contributed by atoms with Crippen molar-refractivity contribution >= 4 is 11.7 Å². The molecule has 27 heavy (non-hydrogen) atoms. The third-order valence-corrected chi connectivity index (χ3v) is 4.94. The first-order valence-corrected chi connectivity index (χ1v) is 9.20. The number of fused-ring (bicyclic) bond motifs is 1. The summed E-state index contributed by atoms with van der Waals surface area (Å²) >= 11 is 0. The van der Waals surface area contributed by atoms with Gasteiger partial charge in [0, 0.05) is 50.3 Å². The Balaban J connectivity index is 1.27. The number of likely N-dealkylation sites (tertiary alicyclic amines) is 1. The van der Waals surface area contributed by atoms with Crippen LogP contribution in [0.1, 0.15) is 12.0 Å². The topological polar surface area (TPSA) is 66.9 Å². The van der Waals surface area contributed by atoms with Crippen LogP contribution in [-0.4, -0.2) is 54.3 Å². The second-order valence-corrected chi connectivity index (χ2v) is 7.16. The maximum atomic E-state index is 12.6. The van der Waals surface area contributed by atoms with Crippen LogP contribution >= 0.6 is 0 Å². The monoisotopic (exact) mass is 368 g/mol.